The van der Waals surface area contributed by atoms with Gasteiger partial charge in [0.1, 0.15) is 11.5 Å². The van der Waals surface area contributed by atoms with Crippen molar-refractivity contribution >= 4 is 21.6 Å². The van der Waals surface area contributed by atoms with E-state index < -0.39 is 5.82 Å². The van der Waals surface area contributed by atoms with Crippen molar-refractivity contribution in [2.45, 2.75) is 0 Å². The molecule has 0 fully saturated rings. The first kappa shape index (κ1) is 14.5. The van der Waals surface area contributed by atoms with Crippen LogP contribution < -0.4 is 19.9 Å². The number of anilines is 1. The van der Waals surface area contributed by atoms with Crippen molar-refractivity contribution in [2.24, 2.45) is 0 Å². The summed E-state index contributed by atoms with van der Waals surface area (Å²) in [4.78, 5) is 0. The largest absolute Gasteiger partial charge is 0.497 e. The molecule has 20 heavy (non-hydrogen) atoms. The molecular formula is C14H13BrFNO3. The summed E-state index contributed by atoms with van der Waals surface area (Å²) in [5.74, 6) is 1.07. The van der Waals surface area contributed by atoms with E-state index in [2.05, 4.69) is 15.9 Å². The van der Waals surface area contributed by atoms with Crippen LogP contribution in [0.25, 0.3) is 0 Å². The normalized spacial score (nSPS) is 10.2. The molecule has 0 unspecified atom stereocenters. The topological polar surface area (TPSA) is 53.7 Å². The Morgan fingerprint density at radius 2 is 1.75 bits per heavy atom. The van der Waals surface area contributed by atoms with Crippen molar-refractivity contribution in [2.75, 3.05) is 20.0 Å². The predicted octanol–water partition coefficient (Wildman–Crippen LogP) is 3.98. The number of hydrogen-bond donors (Lipinski definition) is 1. The van der Waals surface area contributed by atoms with E-state index in [1.807, 2.05) is 0 Å². The van der Waals surface area contributed by atoms with Crippen LogP contribution in [0.2, 0.25) is 0 Å². The Morgan fingerprint density at radius 1 is 1.00 bits per heavy atom. The zero-order valence-electron chi connectivity index (χ0n) is 10.9. The monoisotopic (exact) mass is 341 g/mol. The van der Waals surface area contributed by atoms with Crippen LogP contribution in [0.3, 0.4) is 0 Å². The van der Waals surface area contributed by atoms with Gasteiger partial charge in [0.25, 0.3) is 0 Å². The van der Waals surface area contributed by atoms with E-state index >= 15 is 0 Å². The SMILES string of the molecule is COc1ccc(Oc2cc(OC)c(F)cc2N)c(Br)c1. The number of hydrogen-bond acceptors (Lipinski definition) is 4. The third kappa shape index (κ3) is 2.96. The molecule has 6 heteroatoms. The molecular weight excluding hydrogens is 329 g/mol. The molecule has 4 nitrogen and oxygen atoms in total. The first-order chi connectivity index (χ1) is 9.55. The van der Waals surface area contributed by atoms with Crippen LogP contribution >= 0.6 is 15.9 Å². The van der Waals surface area contributed by atoms with Gasteiger partial charge >= 0.3 is 0 Å². The third-order valence-electron chi connectivity index (χ3n) is 2.64. The standard InChI is InChI=1S/C14H13BrFNO3/c1-18-8-3-4-12(9(15)5-8)20-14-7-13(19-2)10(16)6-11(14)17/h3-7H,17H2,1-2H3. The maximum atomic E-state index is 13.5. The second-order valence-electron chi connectivity index (χ2n) is 3.92. The van der Waals surface area contributed by atoms with Gasteiger partial charge in [-0.15, -0.1) is 0 Å². The number of rotatable bonds is 4. The number of halogens is 2. The van der Waals surface area contributed by atoms with E-state index in [9.17, 15) is 4.39 Å². The zero-order chi connectivity index (χ0) is 14.7. The van der Waals surface area contributed by atoms with E-state index in [-0.39, 0.29) is 11.4 Å². The maximum absolute atomic E-state index is 13.5. The van der Waals surface area contributed by atoms with Gasteiger partial charge in [0, 0.05) is 12.1 Å². The van der Waals surface area contributed by atoms with Crippen molar-refractivity contribution in [1.29, 1.82) is 0 Å². The fraction of sp³-hybridized carbons (Fsp3) is 0.143. The number of benzene rings is 2. The molecule has 0 aromatic heterocycles. The highest BCUT2D eigenvalue weighted by Crippen LogP contribution is 2.37. The van der Waals surface area contributed by atoms with Gasteiger partial charge in [-0.3, -0.25) is 0 Å². The second-order valence-corrected chi connectivity index (χ2v) is 4.78. The molecule has 2 aromatic rings. The van der Waals surface area contributed by atoms with E-state index in [1.165, 1.54) is 13.2 Å². The summed E-state index contributed by atoms with van der Waals surface area (Å²) in [7, 11) is 2.95. The molecule has 0 bridgehead atoms. The fourth-order valence-electron chi connectivity index (χ4n) is 1.60. The summed E-state index contributed by atoms with van der Waals surface area (Å²) < 4.78 is 29.8. The van der Waals surface area contributed by atoms with Crippen LogP contribution in [-0.2, 0) is 0 Å². The molecule has 0 saturated heterocycles. The summed E-state index contributed by atoms with van der Waals surface area (Å²) in [6, 6.07) is 7.79. The Morgan fingerprint density at radius 3 is 2.35 bits per heavy atom. The molecule has 2 aromatic carbocycles. The van der Waals surface area contributed by atoms with Crippen LogP contribution in [0.15, 0.2) is 34.8 Å². The average molecular weight is 342 g/mol. The minimum Gasteiger partial charge on any atom is -0.497 e. The molecule has 0 aliphatic heterocycles. The lowest BCUT2D eigenvalue weighted by Crippen LogP contribution is -1.96. The molecule has 106 valence electrons. The lowest BCUT2D eigenvalue weighted by molar-refractivity contribution is 0.381. The van der Waals surface area contributed by atoms with Crippen molar-refractivity contribution in [3.05, 3.63) is 40.6 Å². The molecule has 2 rings (SSSR count). The maximum Gasteiger partial charge on any atom is 0.167 e. The first-order valence-corrected chi connectivity index (χ1v) is 6.49. The number of methoxy groups -OCH3 is 2. The minimum atomic E-state index is -0.536. The molecule has 0 radical (unpaired) electrons. The summed E-state index contributed by atoms with van der Waals surface area (Å²) in [5, 5.41) is 0. The van der Waals surface area contributed by atoms with Crippen molar-refractivity contribution < 1.29 is 18.6 Å². The molecule has 0 aliphatic rings. The number of nitrogens with two attached hydrogens (primary N) is 1. The first-order valence-electron chi connectivity index (χ1n) is 5.69. The lowest BCUT2D eigenvalue weighted by Gasteiger charge is -2.12. The van der Waals surface area contributed by atoms with E-state index in [0.29, 0.717) is 21.7 Å². The molecule has 0 amide bonds. The van der Waals surface area contributed by atoms with Gasteiger partial charge in [0.05, 0.1) is 24.4 Å². The zero-order valence-corrected chi connectivity index (χ0v) is 12.5. The van der Waals surface area contributed by atoms with Crippen LogP contribution in [0.1, 0.15) is 0 Å². The molecule has 0 atom stereocenters. The highest BCUT2D eigenvalue weighted by atomic mass is 79.9. The van der Waals surface area contributed by atoms with E-state index in [1.54, 1.807) is 25.3 Å². The van der Waals surface area contributed by atoms with Gasteiger partial charge in [-0.25, -0.2) is 4.39 Å². The Hall–Kier alpha value is -1.95. The van der Waals surface area contributed by atoms with Gasteiger partial charge in [-0.1, -0.05) is 0 Å². The van der Waals surface area contributed by atoms with Crippen molar-refractivity contribution in [3.63, 3.8) is 0 Å². The number of nitrogen functional groups attached to an aromatic ring is 1. The van der Waals surface area contributed by atoms with Gasteiger partial charge in [-0.2, -0.15) is 0 Å². The Bertz CT molecular complexity index is 634. The molecule has 0 heterocycles. The van der Waals surface area contributed by atoms with Crippen LogP contribution in [0, 0.1) is 5.82 Å². The van der Waals surface area contributed by atoms with Crippen LogP contribution in [0.4, 0.5) is 10.1 Å². The summed E-state index contributed by atoms with van der Waals surface area (Å²) in [6.45, 7) is 0. The summed E-state index contributed by atoms with van der Waals surface area (Å²) in [6.07, 6.45) is 0. The van der Waals surface area contributed by atoms with Gasteiger partial charge in [0.15, 0.2) is 17.3 Å². The lowest BCUT2D eigenvalue weighted by atomic mass is 10.2. The van der Waals surface area contributed by atoms with Gasteiger partial charge in [-0.05, 0) is 34.1 Å². The molecule has 0 spiro atoms. The van der Waals surface area contributed by atoms with Gasteiger partial charge < -0.3 is 19.9 Å². The van der Waals surface area contributed by atoms with Crippen LogP contribution in [0.5, 0.6) is 23.0 Å². The smallest absolute Gasteiger partial charge is 0.167 e. The highest BCUT2D eigenvalue weighted by Gasteiger charge is 2.12. The van der Waals surface area contributed by atoms with Crippen molar-refractivity contribution in [1.82, 2.24) is 0 Å². The summed E-state index contributed by atoms with van der Waals surface area (Å²) in [5.41, 5.74) is 5.92. The Kier molecular flexibility index (Phi) is 4.34. The van der Waals surface area contributed by atoms with Crippen molar-refractivity contribution in [3.8, 4) is 23.0 Å². The molecule has 2 N–H and O–H groups in total. The van der Waals surface area contributed by atoms with Crippen LogP contribution in [-0.4, -0.2) is 14.2 Å². The Balaban J connectivity index is 2.34. The fourth-order valence-corrected chi connectivity index (χ4v) is 2.04. The predicted molar refractivity (Wildman–Crippen MR) is 78.1 cm³/mol. The van der Waals surface area contributed by atoms with Gasteiger partial charge in [0.2, 0.25) is 0 Å². The third-order valence-corrected chi connectivity index (χ3v) is 3.26. The second kappa shape index (κ2) is 6.00. The van der Waals surface area contributed by atoms with E-state index in [0.717, 1.165) is 6.07 Å². The quantitative estimate of drug-likeness (QED) is 0.854. The number of ether oxygens (including phenoxy) is 3. The van der Waals surface area contributed by atoms with E-state index in [4.69, 9.17) is 19.9 Å². The summed E-state index contributed by atoms with van der Waals surface area (Å²) >= 11 is 3.37. The highest BCUT2D eigenvalue weighted by molar-refractivity contribution is 9.10. The average Bonchev–Trinajstić information content (AvgIpc) is 2.43. The Labute approximate surface area is 124 Å². The molecule has 0 saturated carbocycles. The molecule has 0 aliphatic carbocycles. The minimum absolute atomic E-state index is 0.0684.